The van der Waals surface area contributed by atoms with Crippen LogP contribution in [0, 0.1) is 12.7 Å². The Hall–Kier alpha value is -3.31. The highest BCUT2D eigenvalue weighted by atomic mass is 19.1. The van der Waals surface area contributed by atoms with E-state index in [1.165, 1.54) is 12.1 Å². The standard InChI is InChI=1S/C20H18FN3O3/c1-4-26-20(25)18-16-10-15(12(3)23-24-22)11(2)9-17(16)27-19(18)13-5-7-14(21)8-6-13/h5-10,12H,4H2,1-3H3. The highest BCUT2D eigenvalue weighted by molar-refractivity contribution is 6.09. The van der Waals surface area contributed by atoms with Gasteiger partial charge in [0, 0.05) is 15.9 Å². The summed E-state index contributed by atoms with van der Waals surface area (Å²) in [4.78, 5) is 15.5. The van der Waals surface area contributed by atoms with Crippen LogP contribution in [0.1, 0.15) is 41.4 Å². The highest BCUT2D eigenvalue weighted by Crippen LogP contribution is 2.37. The minimum Gasteiger partial charge on any atom is -0.462 e. The molecule has 0 bridgehead atoms. The third-order valence-corrected chi connectivity index (χ3v) is 4.34. The van der Waals surface area contributed by atoms with Gasteiger partial charge in [-0.3, -0.25) is 0 Å². The van der Waals surface area contributed by atoms with Gasteiger partial charge in [0.2, 0.25) is 0 Å². The number of azide groups is 1. The zero-order valence-electron chi connectivity index (χ0n) is 15.2. The van der Waals surface area contributed by atoms with Crippen LogP contribution in [-0.2, 0) is 4.74 Å². The number of esters is 1. The second kappa shape index (κ2) is 7.51. The van der Waals surface area contributed by atoms with Crippen LogP contribution in [0.5, 0.6) is 0 Å². The predicted molar refractivity (Wildman–Crippen MR) is 99.9 cm³/mol. The van der Waals surface area contributed by atoms with Crippen molar-refractivity contribution in [3.63, 3.8) is 0 Å². The monoisotopic (exact) mass is 367 g/mol. The molecule has 0 aliphatic rings. The van der Waals surface area contributed by atoms with Crippen molar-refractivity contribution in [3.8, 4) is 11.3 Å². The molecule has 1 unspecified atom stereocenters. The van der Waals surface area contributed by atoms with E-state index in [2.05, 4.69) is 10.0 Å². The number of hydrogen-bond donors (Lipinski definition) is 0. The molecular formula is C20H18FN3O3. The molecule has 0 aliphatic heterocycles. The van der Waals surface area contributed by atoms with E-state index in [0.717, 1.165) is 11.1 Å². The van der Waals surface area contributed by atoms with Gasteiger partial charge >= 0.3 is 5.97 Å². The molecule has 3 aromatic rings. The molecule has 1 aromatic heterocycles. The predicted octanol–water partition coefficient (Wildman–Crippen LogP) is 6.10. The maximum Gasteiger partial charge on any atom is 0.342 e. The van der Waals surface area contributed by atoms with E-state index in [9.17, 15) is 9.18 Å². The van der Waals surface area contributed by atoms with Crippen molar-refractivity contribution in [2.75, 3.05) is 6.61 Å². The van der Waals surface area contributed by atoms with Crippen molar-refractivity contribution in [3.05, 3.63) is 69.3 Å². The van der Waals surface area contributed by atoms with E-state index in [-0.39, 0.29) is 18.0 Å². The number of carbonyl (C=O) groups is 1. The van der Waals surface area contributed by atoms with Crippen molar-refractivity contribution >= 4 is 16.9 Å². The number of carbonyl (C=O) groups excluding carboxylic acids is 1. The first-order chi connectivity index (χ1) is 13.0. The van der Waals surface area contributed by atoms with E-state index < -0.39 is 12.0 Å². The summed E-state index contributed by atoms with van der Waals surface area (Å²) in [6.45, 7) is 5.58. The number of aryl methyl sites for hydroxylation is 1. The van der Waals surface area contributed by atoms with Gasteiger partial charge in [-0.2, -0.15) is 0 Å². The Balaban J connectivity index is 2.29. The van der Waals surface area contributed by atoms with Gasteiger partial charge in [-0.15, -0.1) is 0 Å². The maximum absolute atomic E-state index is 13.3. The van der Waals surface area contributed by atoms with Crippen LogP contribution >= 0.6 is 0 Å². The van der Waals surface area contributed by atoms with Crippen LogP contribution in [0.25, 0.3) is 32.7 Å². The van der Waals surface area contributed by atoms with Crippen molar-refractivity contribution < 1.29 is 18.3 Å². The lowest BCUT2D eigenvalue weighted by atomic mass is 9.98. The zero-order valence-corrected chi connectivity index (χ0v) is 15.2. The number of halogens is 1. The first kappa shape index (κ1) is 18.5. The smallest absolute Gasteiger partial charge is 0.342 e. The molecule has 0 aliphatic carbocycles. The fraction of sp³-hybridized carbons (Fsp3) is 0.250. The van der Waals surface area contributed by atoms with Crippen LogP contribution < -0.4 is 0 Å². The highest BCUT2D eigenvalue weighted by Gasteiger charge is 2.24. The molecule has 0 fully saturated rings. The van der Waals surface area contributed by atoms with Crippen molar-refractivity contribution in [2.45, 2.75) is 26.8 Å². The first-order valence-electron chi connectivity index (χ1n) is 8.50. The topological polar surface area (TPSA) is 88.2 Å². The van der Waals surface area contributed by atoms with Gasteiger partial charge in [0.1, 0.15) is 22.7 Å². The molecule has 138 valence electrons. The third kappa shape index (κ3) is 3.50. The van der Waals surface area contributed by atoms with Gasteiger partial charge in [0.15, 0.2) is 0 Å². The van der Waals surface area contributed by atoms with Crippen molar-refractivity contribution in [1.82, 2.24) is 0 Å². The molecular weight excluding hydrogens is 349 g/mol. The van der Waals surface area contributed by atoms with Crippen LogP contribution in [0.2, 0.25) is 0 Å². The normalized spacial score (nSPS) is 11.9. The molecule has 0 saturated carbocycles. The van der Waals surface area contributed by atoms with E-state index >= 15 is 0 Å². The van der Waals surface area contributed by atoms with Crippen molar-refractivity contribution in [2.24, 2.45) is 5.11 Å². The molecule has 6 nitrogen and oxygen atoms in total. The number of furan rings is 1. The van der Waals surface area contributed by atoms with Gasteiger partial charge in [0.25, 0.3) is 0 Å². The number of fused-ring (bicyclic) bond motifs is 1. The number of ether oxygens (including phenoxy) is 1. The van der Waals surface area contributed by atoms with Crippen LogP contribution in [-0.4, -0.2) is 12.6 Å². The number of benzene rings is 2. The summed E-state index contributed by atoms with van der Waals surface area (Å²) in [6, 6.07) is 8.88. The quantitative estimate of drug-likeness (QED) is 0.236. The second-order valence-corrected chi connectivity index (χ2v) is 6.12. The summed E-state index contributed by atoms with van der Waals surface area (Å²) in [5, 5.41) is 4.30. The van der Waals surface area contributed by atoms with Gasteiger partial charge in [-0.25, -0.2) is 9.18 Å². The molecule has 3 rings (SSSR count). The first-order valence-corrected chi connectivity index (χ1v) is 8.50. The molecule has 2 aromatic carbocycles. The fourth-order valence-electron chi connectivity index (χ4n) is 3.06. The number of nitrogens with zero attached hydrogens (tertiary/aromatic N) is 3. The lowest BCUT2D eigenvalue weighted by Crippen LogP contribution is -2.05. The maximum atomic E-state index is 13.3. The van der Waals surface area contributed by atoms with Crippen LogP contribution in [0.4, 0.5) is 4.39 Å². The fourth-order valence-corrected chi connectivity index (χ4v) is 3.06. The summed E-state index contributed by atoms with van der Waals surface area (Å²) in [5.41, 5.74) is 11.7. The SMILES string of the molecule is CCOC(=O)c1c(-c2ccc(F)cc2)oc2cc(C)c(C(C)N=[N+]=[N-])cc12. The Kier molecular flexibility index (Phi) is 5.14. The summed E-state index contributed by atoms with van der Waals surface area (Å²) in [6.07, 6.45) is 0. The Morgan fingerprint density at radius 3 is 2.67 bits per heavy atom. The van der Waals surface area contributed by atoms with Gasteiger partial charge in [0.05, 0.1) is 12.6 Å². The lowest BCUT2D eigenvalue weighted by Gasteiger charge is -2.09. The molecule has 0 saturated heterocycles. The average molecular weight is 367 g/mol. The average Bonchev–Trinajstić information content (AvgIpc) is 3.00. The molecule has 1 heterocycles. The van der Waals surface area contributed by atoms with E-state index in [1.807, 2.05) is 6.92 Å². The molecule has 0 radical (unpaired) electrons. The van der Waals surface area contributed by atoms with E-state index in [1.54, 1.807) is 38.1 Å². The molecule has 0 N–H and O–H groups in total. The second-order valence-electron chi connectivity index (χ2n) is 6.12. The third-order valence-electron chi connectivity index (χ3n) is 4.34. The van der Waals surface area contributed by atoms with Crippen LogP contribution in [0.3, 0.4) is 0 Å². The molecule has 7 heteroatoms. The molecule has 1 atom stereocenters. The minimum atomic E-state index is -0.526. The van der Waals surface area contributed by atoms with Crippen molar-refractivity contribution in [1.29, 1.82) is 0 Å². The Morgan fingerprint density at radius 1 is 1.33 bits per heavy atom. The Bertz CT molecular complexity index is 1050. The van der Waals surface area contributed by atoms with Gasteiger partial charge < -0.3 is 9.15 Å². The minimum absolute atomic E-state index is 0.211. The van der Waals surface area contributed by atoms with E-state index in [4.69, 9.17) is 14.7 Å². The molecule has 27 heavy (non-hydrogen) atoms. The largest absolute Gasteiger partial charge is 0.462 e. The zero-order chi connectivity index (χ0) is 19.6. The van der Waals surface area contributed by atoms with Crippen LogP contribution in [0.15, 0.2) is 45.9 Å². The summed E-state index contributed by atoms with van der Waals surface area (Å²) >= 11 is 0. The Morgan fingerprint density at radius 2 is 2.04 bits per heavy atom. The van der Waals surface area contributed by atoms with E-state index in [0.29, 0.717) is 22.3 Å². The molecule has 0 amide bonds. The summed E-state index contributed by atoms with van der Waals surface area (Å²) < 4.78 is 24.4. The summed E-state index contributed by atoms with van der Waals surface area (Å²) in [5.74, 6) is -0.591. The lowest BCUT2D eigenvalue weighted by molar-refractivity contribution is 0.0528. The number of rotatable bonds is 5. The van der Waals surface area contributed by atoms with Gasteiger partial charge in [-0.1, -0.05) is 12.0 Å². The van der Waals surface area contributed by atoms with Gasteiger partial charge in [-0.05, 0) is 66.9 Å². The molecule has 0 spiro atoms. The Labute approximate surface area is 155 Å². The summed E-state index contributed by atoms with van der Waals surface area (Å²) in [7, 11) is 0. The number of hydrogen-bond acceptors (Lipinski definition) is 4.